The Hall–Kier alpha value is -2.62. The summed E-state index contributed by atoms with van der Waals surface area (Å²) in [6.07, 6.45) is 5.61. The van der Waals surface area contributed by atoms with Gasteiger partial charge in [0.05, 0.1) is 0 Å². The molecule has 4 nitrogen and oxygen atoms in total. The highest BCUT2D eigenvalue weighted by Crippen LogP contribution is 2.18. The van der Waals surface area contributed by atoms with E-state index in [1.54, 1.807) is 17.8 Å². The van der Waals surface area contributed by atoms with Gasteiger partial charge >= 0.3 is 0 Å². The summed E-state index contributed by atoms with van der Waals surface area (Å²) in [6.45, 7) is 4.69. The molecule has 0 radical (unpaired) electrons. The Bertz CT molecular complexity index is 848. The van der Waals surface area contributed by atoms with Crippen molar-refractivity contribution in [2.24, 2.45) is 7.05 Å². The Kier molecular flexibility index (Phi) is 3.67. The van der Waals surface area contributed by atoms with E-state index in [1.807, 2.05) is 25.4 Å². The van der Waals surface area contributed by atoms with Gasteiger partial charge in [0.15, 0.2) is 0 Å². The quantitative estimate of drug-likeness (QED) is 0.745. The second-order valence-corrected chi connectivity index (χ2v) is 5.70. The number of nitrogens with zero attached hydrogens (tertiary/aromatic N) is 3. The highest BCUT2D eigenvalue weighted by molar-refractivity contribution is 5.55. The van der Waals surface area contributed by atoms with Crippen molar-refractivity contribution in [2.75, 3.05) is 0 Å². The summed E-state index contributed by atoms with van der Waals surface area (Å²) < 4.78 is 3.71. The highest BCUT2D eigenvalue weighted by atomic mass is 16.1. The normalized spacial score (nSPS) is 10.9. The molecule has 0 amide bonds. The van der Waals surface area contributed by atoms with E-state index >= 15 is 0 Å². The van der Waals surface area contributed by atoms with Crippen molar-refractivity contribution in [2.45, 2.75) is 20.4 Å². The molecule has 2 heterocycles. The van der Waals surface area contributed by atoms with Gasteiger partial charge in [-0.25, -0.2) is 4.98 Å². The van der Waals surface area contributed by atoms with Crippen LogP contribution in [0.5, 0.6) is 0 Å². The van der Waals surface area contributed by atoms with Crippen LogP contribution in [0.2, 0.25) is 0 Å². The van der Waals surface area contributed by atoms with Crippen molar-refractivity contribution in [3.63, 3.8) is 0 Å². The molecule has 112 valence electrons. The SMILES string of the molecule is Cc1cccc(Cn2ccnc2-c2cc(C)c(=O)n(C)c2)c1. The maximum atomic E-state index is 11.8. The van der Waals surface area contributed by atoms with E-state index < -0.39 is 0 Å². The van der Waals surface area contributed by atoms with Crippen LogP contribution in [0.1, 0.15) is 16.7 Å². The molecule has 2 aromatic heterocycles. The van der Waals surface area contributed by atoms with E-state index in [1.165, 1.54) is 11.1 Å². The molecular formula is C18H19N3O. The lowest BCUT2D eigenvalue weighted by molar-refractivity contribution is 0.798. The summed E-state index contributed by atoms with van der Waals surface area (Å²) >= 11 is 0. The Balaban J connectivity index is 2.01. The summed E-state index contributed by atoms with van der Waals surface area (Å²) in [7, 11) is 1.77. The molecule has 0 N–H and O–H groups in total. The third-order valence-corrected chi connectivity index (χ3v) is 3.77. The van der Waals surface area contributed by atoms with Crippen LogP contribution in [0.3, 0.4) is 0 Å². The second kappa shape index (κ2) is 5.64. The lowest BCUT2D eigenvalue weighted by Gasteiger charge is -2.10. The fourth-order valence-corrected chi connectivity index (χ4v) is 2.70. The van der Waals surface area contributed by atoms with Crippen molar-refractivity contribution in [1.82, 2.24) is 14.1 Å². The minimum Gasteiger partial charge on any atom is -0.327 e. The van der Waals surface area contributed by atoms with Gasteiger partial charge in [0.25, 0.3) is 5.56 Å². The zero-order valence-electron chi connectivity index (χ0n) is 13.1. The van der Waals surface area contributed by atoms with Crippen molar-refractivity contribution in [3.05, 3.63) is 76.0 Å². The van der Waals surface area contributed by atoms with Gasteiger partial charge in [-0.1, -0.05) is 29.8 Å². The summed E-state index contributed by atoms with van der Waals surface area (Å²) in [4.78, 5) is 16.3. The van der Waals surface area contributed by atoms with Crippen LogP contribution < -0.4 is 5.56 Å². The average molecular weight is 293 g/mol. The lowest BCUT2D eigenvalue weighted by atomic mass is 10.1. The van der Waals surface area contributed by atoms with Crippen LogP contribution in [-0.2, 0) is 13.6 Å². The third kappa shape index (κ3) is 2.72. The zero-order chi connectivity index (χ0) is 15.7. The summed E-state index contributed by atoms with van der Waals surface area (Å²) in [6, 6.07) is 10.3. The molecule has 0 saturated carbocycles. The fourth-order valence-electron chi connectivity index (χ4n) is 2.70. The van der Waals surface area contributed by atoms with Gasteiger partial charge < -0.3 is 9.13 Å². The van der Waals surface area contributed by atoms with Crippen molar-refractivity contribution in [3.8, 4) is 11.4 Å². The Labute approximate surface area is 129 Å². The van der Waals surface area contributed by atoms with Crippen LogP contribution in [0.25, 0.3) is 11.4 Å². The first-order valence-electron chi connectivity index (χ1n) is 7.29. The molecule has 0 unspecified atom stereocenters. The van der Waals surface area contributed by atoms with E-state index in [0.29, 0.717) is 0 Å². The predicted molar refractivity (Wildman–Crippen MR) is 87.9 cm³/mol. The molecule has 3 aromatic rings. The van der Waals surface area contributed by atoms with Gasteiger partial charge in [-0.15, -0.1) is 0 Å². The number of hydrogen-bond acceptors (Lipinski definition) is 2. The summed E-state index contributed by atoms with van der Waals surface area (Å²) in [5.41, 5.74) is 4.20. The molecule has 0 atom stereocenters. The van der Waals surface area contributed by atoms with Gasteiger partial charge in [-0.3, -0.25) is 4.79 Å². The maximum Gasteiger partial charge on any atom is 0.253 e. The van der Waals surface area contributed by atoms with E-state index in [2.05, 4.69) is 40.7 Å². The van der Waals surface area contributed by atoms with Gasteiger partial charge in [0, 0.05) is 43.3 Å². The second-order valence-electron chi connectivity index (χ2n) is 5.70. The van der Waals surface area contributed by atoms with Crippen molar-refractivity contribution < 1.29 is 0 Å². The molecule has 0 fully saturated rings. The first-order chi connectivity index (χ1) is 10.5. The van der Waals surface area contributed by atoms with Crippen molar-refractivity contribution >= 4 is 0 Å². The molecule has 0 aliphatic carbocycles. The number of aromatic nitrogens is 3. The minimum atomic E-state index is 0.0283. The van der Waals surface area contributed by atoms with E-state index in [4.69, 9.17) is 0 Å². The number of hydrogen-bond donors (Lipinski definition) is 0. The molecule has 3 rings (SSSR count). The van der Waals surface area contributed by atoms with Crippen LogP contribution >= 0.6 is 0 Å². The third-order valence-electron chi connectivity index (χ3n) is 3.77. The molecule has 0 bridgehead atoms. The Morgan fingerprint density at radius 2 is 2.00 bits per heavy atom. The number of pyridine rings is 1. The maximum absolute atomic E-state index is 11.8. The van der Waals surface area contributed by atoms with E-state index in [9.17, 15) is 4.79 Å². The van der Waals surface area contributed by atoms with Crippen LogP contribution in [0.4, 0.5) is 0 Å². The molecule has 0 spiro atoms. The molecule has 0 aliphatic rings. The van der Waals surface area contributed by atoms with E-state index in [0.717, 1.165) is 23.5 Å². The standard InChI is InChI=1S/C18H19N3O/c1-13-5-4-6-15(9-13)11-21-8-7-19-17(21)16-10-14(2)18(22)20(3)12-16/h4-10,12H,11H2,1-3H3. The zero-order valence-corrected chi connectivity index (χ0v) is 13.1. The topological polar surface area (TPSA) is 39.8 Å². The van der Waals surface area contributed by atoms with Gasteiger partial charge in [-0.05, 0) is 25.5 Å². The van der Waals surface area contributed by atoms with Crippen LogP contribution in [0.15, 0.2) is 53.7 Å². The molecule has 4 heteroatoms. The first kappa shape index (κ1) is 14.3. The lowest BCUT2D eigenvalue weighted by Crippen LogP contribution is -2.18. The highest BCUT2D eigenvalue weighted by Gasteiger charge is 2.09. The van der Waals surface area contributed by atoms with Crippen LogP contribution in [0, 0.1) is 13.8 Å². The average Bonchev–Trinajstić information content (AvgIpc) is 2.92. The van der Waals surface area contributed by atoms with Gasteiger partial charge in [0.2, 0.25) is 0 Å². The summed E-state index contributed by atoms with van der Waals surface area (Å²) in [5.74, 6) is 0.875. The number of aryl methyl sites for hydroxylation is 3. The molecule has 1 aromatic carbocycles. The molecule has 0 saturated heterocycles. The fraction of sp³-hybridized carbons (Fsp3) is 0.222. The smallest absolute Gasteiger partial charge is 0.253 e. The Morgan fingerprint density at radius 1 is 1.18 bits per heavy atom. The number of rotatable bonds is 3. The molecule has 22 heavy (non-hydrogen) atoms. The number of benzene rings is 1. The Morgan fingerprint density at radius 3 is 2.73 bits per heavy atom. The number of imidazole rings is 1. The largest absolute Gasteiger partial charge is 0.327 e. The van der Waals surface area contributed by atoms with Crippen molar-refractivity contribution in [1.29, 1.82) is 0 Å². The molecular weight excluding hydrogens is 274 g/mol. The minimum absolute atomic E-state index is 0.0283. The van der Waals surface area contributed by atoms with E-state index in [-0.39, 0.29) is 5.56 Å². The molecule has 0 aliphatic heterocycles. The first-order valence-corrected chi connectivity index (χ1v) is 7.29. The monoisotopic (exact) mass is 293 g/mol. The predicted octanol–water partition coefficient (Wildman–Crippen LogP) is 2.91. The van der Waals surface area contributed by atoms with Gasteiger partial charge in [-0.2, -0.15) is 0 Å². The summed E-state index contributed by atoms with van der Waals surface area (Å²) in [5, 5.41) is 0. The van der Waals surface area contributed by atoms with Crippen LogP contribution in [-0.4, -0.2) is 14.1 Å². The van der Waals surface area contributed by atoms with Gasteiger partial charge in [0.1, 0.15) is 5.82 Å².